The Labute approximate surface area is 752 Å². The zero-order valence-corrected chi connectivity index (χ0v) is 79.1. The molecule has 0 saturated heterocycles. The zero-order valence-electron chi connectivity index (χ0n) is 80.1. The van der Waals surface area contributed by atoms with Gasteiger partial charge in [-0.15, -0.1) is 0 Å². The van der Waals surface area contributed by atoms with E-state index in [1.807, 2.05) is 33.1 Å². The first kappa shape index (κ1) is 124. The van der Waals surface area contributed by atoms with Crippen molar-refractivity contribution in [2.24, 2.45) is 5.84 Å². The van der Waals surface area contributed by atoms with Gasteiger partial charge in [0.15, 0.2) is 17.4 Å². The molecule has 0 aliphatic heterocycles. The third kappa shape index (κ3) is 121. The Hall–Kier alpha value is -3.34. The van der Waals surface area contributed by atoms with Crippen molar-refractivity contribution in [3.63, 3.8) is 0 Å². The second kappa shape index (κ2) is 113. The summed E-state index contributed by atoms with van der Waals surface area (Å²) in [5.74, 6) is 4.33. The number of carbonyl (C=O) groups is 3. The van der Waals surface area contributed by atoms with E-state index in [2.05, 4.69) is 201 Å². The van der Waals surface area contributed by atoms with Gasteiger partial charge in [-0.1, -0.05) is 330 Å². The fraction of sp³-hybridized carbons (Fsp3) is 0.775. The van der Waals surface area contributed by atoms with Gasteiger partial charge >= 0.3 is 24.8 Å². The van der Waals surface area contributed by atoms with Gasteiger partial charge in [-0.3, -0.25) is 41.5 Å². The molecule has 0 aliphatic carbocycles. The number of hydrogen-bond acceptors (Lipinski definition) is 10. The first-order valence-electron chi connectivity index (χ1n) is 48.4. The number of rotatable bonds is 82. The van der Waals surface area contributed by atoms with Crippen LogP contribution in [0.5, 0.6) is 0 Å². The first-order valence-corrected chi connectivity index (χ1v) is 48.4. The minimum atomic E-state index is -0.671. The Morgan fingerprint density at radius 2 is 0.547 bits per heavy atom. The summed E-state index contributed by atoms with van der Waals surface area (Å²) in [5, 5.41) is 12.6. The van der Waals surface area contributed by atoms with Gasteiger partial charge < -0.3 is 21.2 Å². The Kier molecular flexibility index (Phi) is 120. The number of unbranched alkanes of at least 4 members (excludes halogenated alkanes) is 42. The van der Waals surface area contributed by atoms with Crippen molar-refractivity contribution in [1.82, 2.24) is 41.0 Å². The number of carboxylic acid groups (broad SMARTS) is 1. The number of allylic oxidation sites excluding steroid dienone is 20. The van der Waals surface area contributed by atoms with E-state index in [0.717, 1.165) is 142 Å². The number of aliphatic carboxylic acids is 1. The van der Waals surface area contributed by atoms with E-state index in [1.165, 1.54) is 270 Å². The van der Waals surface area contributed by atoms with Crippen molar-refractivity contribution in [2.45, 2.75) is 420 Å². The largest absolute Gasteiger partial charge is 1.00 e. The number of carbonyl (C=O) groups excluding carboxylic acids is 2. The molecule has 0 unspecified atom stereocenters. The van der Waals surface area contributed by atoms with E-state index in [-0.39, 0.29) is 49.5 Å². The van der Waals surface area contributed by atoms with Gasteiger partial charge in [0.05, 0.1) is 6.54 Å². The molecule has 6 N–H and O–H groups in total. The van der Waals surface area contributed by atoms with Crippen LogP contribution in [0.15, 0.2) is 122 Å². The molecule has 13 nitrogen and oxygen atoms in total. The number of amides is 2. The molecule has 0 aromatic heterocycles. The molecular weight excluding hydrogens is 1450 g/mol. The predicted octanol–water partition coefficient (Wildman–Crippen LogP) is 23.8. The number of nitrogens with two attached hydrogens (primary N) is 1. The molecule has 0 atom stereocenters. The number of carboxylic acids is 1. The number of nitrogens with one attached hydrogen (secondary N) is 3. The molecule has 0 bridgehead atoms. The zero-order chi connectivity index (χ0) is 85.0. The summed E-state index contributed by atoms with van der Waals surface area (Å²) >= 11 is 0. The number of hydrogen-bond donors (Lipinski definition) is 5. The van der Waals surface area contributed by atoms with Crippen LogP contribution in [0.3, 0.4) is 0 Å². The number of hydrazine groups is 3. The molecule has 2 amide bonds. The summed E-state index contributed by atoms with van der Waals surface area (Å²) in [5.41, 5.74) is 9.23. The molecule has 0 fully saturated rings. The van der Waals surface area contributed by atoms with Gasteiger partial charge in [-0.05, 0) is 235 Å². The van der Waals surface area contributed by atoms with Gasteiger partial charge in [0.25, 0.3) is 0 Å². The second-order valence-electron chi connectivity index (χ2n) is 32.8. The van der Waals surface area contributed by atoms with Crippen LogP contribution in [0.4, 0.5) is 0 Å². The smallest absolute Gasteiger partial charge is 1.00 e. The summed E-state index contributed by atoms with van der Waals surface area (Å²) in [6.45, 7) is 18.9. The van der Waals surface area contributed by atoms with Crippen LogP contribution in [0.25, 0.3) is 0 Å². The maximum Gasteiger partial charge on any atom is 1.00 e. The van der Waals surface area contributed by atoms with Crippen LogP contribution < -0.4 is 41.0 Å². The topological polar surface area (TPSA) is 150 Å². The van der Waals surface area contributed by atoms with Gasteiger partial charge in [0, 0.05) is 65.1 Å². The molecule has 0 saturated carbocycles. The average molecular weight is 1650 g/mol. The third-order valence-corrected chi connectivity index (χ3v) is 20.2. The fourth-order valence-electron chi connectivity index (χ4n) is 12.7. The van der Waals surface area contributed by atoms with E-state index in [1.54, 1.807) is 5.01 Å². The molecule has 0 spiro atoms. The fourth-order valence-corrected chi connectivity index (χ4v) is 12.7. The summed E-state index contributed by atoms with van der Waals surface area (Å²) in [6.07, 6.45) is 118. The maximum absolute atomic E-state index is 12.9. The Bertz CT molecular complexity index is 2280. The van der Waals surface area contributed by atoms with Gasteiger partial charge in [0.2, 0.25) is 11.8 Å². The average Bonchev–Trinajstić information content (AvgIpc) is 0.915. The number of nitrogens with zero attached hydrogens (tertiary/aromatic N) is 5. The summed E-state index contributed by atoms with van der Waals surface area (Å²) in [7, 11) is 12.4. The van der Waals surface area contributed by atoms with Gasteiger partial charge in [-0.2, -0.15) is 0 Å². The molecular formula is C102H199AlLiN9O4. The molecule has 680 valence electrons. The van der Waals surface area contributed by atoms with Crippen molar-refractivity contribution < 1.29 is 39.8 Å². The molecule has 117 heavy (non-hydrogen) atoms. The van der Waals surface area contributed by atoms with E-state index in [4.69, 9.17) is 10.9 Å². The maximum atomic E-state index is 12.9. The van der Waals surface area contributed by atoms with Gasteiger partial charge in [-0.25, -0.2) is 5.01 Å². The minimum Gasteiger partial charge on any atom is -1.00 e. The normalized spacial score (nSPS) is 11.9. The van der Waals surface area contributed by atoms with Crippen molar-refractivity contribution in [1.29, 1.82) is 0 Å². The molecule has 0 aromatic rings. The van der Waals surface area contributed by atoms with E-state index < -0.39 is 5.97 Å². The Balaban J connectivity index is -0.000000313. The Morgan fingerprint density at radius 1 is 0.291 bits per heavy atom. The molecule has 0 heterocycles. The molecule has 15 heteroatoms. The molecule has 0 aromatic carbocycles. The summed E-state index contributed by atoms with van der Waals surface area (Å²) in [4.78, 5) is 42.2. The van der Waals surface area contributed by atoms with Crippen LogP contribution in [0.2, 0.25) is 0 Å². The van der Waals surface area contributed by atoms with Crippen LogP contribution in [-0.4, -0.2) is 160 Å². The van der Waals surface area contributed by atoms with Crippen LogP contribution >= 0.6 is 0 Å². The molecule has 0 rings (SSSR count). The monoisotopic (exact) mass is 1650 g/mol. The predicted molar refractivity (Wildman–Crippen MR) is 523 cm³/mol. The number of likely N-dealkylation sites (N-methyl/N-ethyl adjacent to an activating group) is 3. The van der Waals surface area contributed by atoms with Crippen LogP contribution in [0, 0.1) is 0 Å². The SMILES string of the molecule is CCCCC/C=C\C/C=C\CCCCCCCC(=O)NN(CCN(C)C)C(=O)CCCCCCC/C=C\C/C=C\CCCCC.CCCCC/C=C\C/C=C\CCCCCCCC(=O)O.CCCCC/C=C\C/C=C\CCCCCCCCNN(CCCCCCCC/C=C\C/C=C\CCCCC)CCN(C)C.CN(C)CCNN.[AlH3].[H-].[Li+]. The third-order valence-electron chi connectivity index (χ3n) is 20.2. The molecule has 0 radical (unpaired) electrons. The van der Waals surface area contributed by atoms with E-state index >= 15 is 0 Å². The quantitative estimate of drug-likeness (QED) is 0.0130. The second-order valence-corrected chi connectivity index (χ2v) is 32.8. The summed E-state index contributed by atoms with van der Waals surface area (Å²) in [6, 6.07) is 0. The molecule has 0 aliphatic rings. The van der Waals surface area contributed by atoms with E-state index in [0.29, 0.717) is 25.8 Å². The summed E-state index contributed by atoms with van der Waals surface area (Å²) < 4.78 is 0. The minimum absolute atomic E-state index is 0. The van der Waals surface area contributed by atoms with Crippen LogP contribution in [-0.2, 0) is 14.4 Å². The van der Waals surface area contributed by atoms with E-state index in [9.17, 15) is 14.4 Å². The Morgan fingerprint density at radius 3 is 0.829 bits per heavy atom. The van der Waals surface area contributed by atoms with Crippen molar-refractivity contribution in [3.05, 3.63) is 122 Å². The van der Waals surface area contributed by atoms with Crippen molar-refractivity contribution in [2.75, 3.05) is 94.6 Å². The van der Waals surface area contributed by atoms with Crippen molar-refractivity contribution in [3.8, 4) is 0 Å². The van der Waals surface area contributed by atoms with Crippen molar-refractivity contribution >= 4 is 35.1 Å². The standard InChI is InChI=1S/C40H73N3O2.C40H77N3.C18H32O2.C4H13N3.Al.Li.4H/c1-5-7-9-11-13-15-17-19-21-23-25-27-29-31-33-35-39(44)41-43(38-37-42(3)4)40(45)36-34-32-30-28-26-24-22-20-18-16-14-12-10-8-6-2;1-5-7-9-11-13-15-17-19-21-23-25-27-29-31-33-35-37-41-43(40-39-42(3)4)38-36-34-32-30-28-26-24-22-20-18-16-14-12-10-8-6-2;1-2-3-4-5-6-7-8-9-10-11-12-13-14-15-16-17-18(19)20;1-7(2)4-3-6-5;;;;;;/h13-16,19-22H,5-12,17-18,23-38H2,1-4H3,(H,41,44);13-16,19-22,41H,5-12,17-18,23-40H2,1-4H3;6-7,9-10H,2-5,8,11-17H2,1H3,(H,19,20);6H,3-5H2,1-2H3;;;;;;/q;;;;;+1;;;;-1/b2*15-13-,16-14-,21-19-,22-20-;7-6-,10-9-;;;;;;;. The first-order chi connectivity index (χ1) is 56.2. The van der Waals surface area contributed by atoms with Crippen LogP contribution in [0.1, 0.15) is 421 Å². The van der Waals surface area contributed by atoms with Gasteiger partial charge in [0.1, 0.15) is 0 Å².